The minimum Gasteiger partial charge on any atom is -0.480 e. The number of hydrogen-bond donors (Lipinski definition) is 1. The summed E-state index contributed by atoms with van der Waals surface area (Å²) in [5.74, 6) is -1.17. The maximum Gasteiger partial charge on any atom is 0.317 e. The normalized spacial score (nSPS) is 16.0. The van der Waals surface area contributed by atoms with Crippen LogP contribution in [0.15, 0.2) is 12.3 Å². The van der Waals surface area contributed by atoms with Crippen LogP contribution in [0.5, 0.6) is 0 Å². The third-order valence-electron chi connectivity index (χ3n) is 3.44. The monoisotopic (exact) mass is 296 g/mol. The number of rotatable bonds is 4. The van der Waals surface area contributed by atoms with E-state index in [2.05, 4.69) is 0 Å². The maximum absolute atomic E-state index is 12.3. The van der Waals surface area contributed by atoms with Gasteiger partial charge in [0, 0.05) is 39.3 Å². The second-order valence-corrected chi connectivity index (χ2v) is 4.91. The van der Waals surface area contributed by atoms with Gasteiger partial charge in [-0.15, -0.1) is 0 Å². The molecule has 2 rings (SSSR count). The van der Waals surface area contributed by atoms with E-state index in [9.17, 15) is 19.7 Å². The highest BCUT2D eigenvalue weighted by Gasteiger charge is 2.26. The lowest BCUT2D eigenvalue weighted by atomic mass is 10.2. The van der Waals surface area contributed by atoms with Crippen molar-refractivity contribution in [3.8, 4) is 0 Å². The summed E-state index contributed by atoms with van der Waals surface area (Å²) >= 11 is 0. The molecule has 21 heavy (non-hydrogen) atoms. The molecule has 1 amide bonds. The fourth-order valence-electron chi connectivity index (χ4n) is 2.32. The van der Waals surface area contributed by atoms with E-state index in [4.69, 9.17) is 5.11 Å². The lowest BCUT2D eigenvalue weighted by Crippen LogP contribution is -2.50. The Morgan fingerprint density at radius 2 is 1.95 bits per heavy atom. The fraction of sp³-hybridized carbons (Fsp3) is 0.500. The molecular weight excluding hydrogens is 280 g/mol. The molecule has 0 aliphatic carbocycles. The van der Waals surface area contributed by atoms with Gasteiger partial charge in [-0.25, -0.2) is 0 Å². The van der Waals surface area contributed by atoms with Crippen LogP contribution >= 0.6 is 0 Å². The molecule has 0 spiro atoms. The molecule has 0 bridgehead atoms. The molecule has 1 saturated heterocycles. The van der Waals surface area contributed by atoms with E-state index < -0.39 is 10.9 Å². The van der Waals surface area contributed by atoms with Gasteiger partial charge in [-0.3, -0.25) is 24.6 Å². The molecule has 1 aliphatic heterocycles. The largest absolute Gasteiger partial charge is 0.480 e. The van der Waals surface area contributed by atoms with Crippen LogP contribution in [0.25, 0.3) is 0 Å². The Hall–Kier alpha value is -2.42. The first-order chi connectivity index (χ1) is 9.88. The van der Waals surface area contributed by atoms with Crippen molar-refractivity contribution in [1.82, 2.24) is 14.4 Å². The SMILES string of the molecule is Cn1cc([N+](=O)[O-])cc1C(=O)N1CCN(CC(=O)O)CC1. The topological polar surface area (TPSA) is 109 Å². The van der Waals surface area contributed by atoms with Gasteiger partial charge < -0.3 is 14.6 Å². The van der Waals surface area contributed by atoms with Crippen molar-refractivity contribution in [3.63, 3.8) is 0 Å². The van der Waals surface area contributed by atoms with E-state index in [-0.39, 0.29) is 23.8 Å². The van der Waals surface area contributed by atoms with Crippen LogP contribution in [0, 0.1) is 10.1 Å². The number of carboxylic acid groups (broad SMARTS) is 1. The van der Waals surface area contributed by atoms with Gasteiger partial charge in [0.2, 0.25) is 0 Å². The number of carbonyl (C=O) groups is 2. The number of hydrogen-bond acceptors (Lipinski definition) is 5. The number of carboxylic acids is 1. The van der Waals surface area contributed by atoms with E-state index in [0.29, 0.717) is 26.2 Å². The molecule has 1 fully saturated rings. The molecule has 0 aromatic carbocycles. The highest BCUT2D eigenvalue weighted by Crippen LogP contribution is 2.17. The van der Waals surface area contributed by atoms with Gasteiger partial charge in [-0.2, -0.15) is 0 Å². The number of aryl methyl sites for hydroxylation is 1. The molecule has 0 unspecified atom stereocenters. The highest BCUT2D eigenvalue weighted by atomic mass is 16.6. The Labute approximate surface area is 120 Å². The highest BCUT2D eigenvalue weighted by molar-refractivity contribution is 5.93. The lowest BCUT2D eigenvalue weighted by Gasteiger charge is -2.33. The summed E-state index contributed by atoms with van der Waals surface area (Å²) in [7, 11) is 1.58. The van der Waals surface area contributed by atoms with Crippen LogP contribution in [0.2, 0.25) is 0 Å². The number of aromatic nitrogens is 1. The number of amides is 1. The second-order valence-electron chi connectivity index (χ2n) is 4.91. The van der Waals surface area contributed by atoms with E-state index >= 15 is 0 Å². The van der Waals surface area contributed by atoms with Crippen molar-refractivity contribution in [3.05, 3.63) is 28.1 Å². The quantitative estimate of drug-likeness (QED) is 0.607. The first-order valence-corrected chi connectivity index (χ1v) is 6.42. The van der Waals surface area contributed by atoms with E-state index in [1.807, 2.05) is 0 Å². The average molecular weight is 296 g/mol. The summed E-state index contributed by atoms with van der Waals surface area (Å²) in [4.78, 5) is 36.5. The number of nitrogens with zero attached hydrogens (tertiary/aromatic N) is 4. The van der Waals surface area contributed by atoms with Crippen molar-refractivity contribution in [2.24, 2.45) is 7.05 Å². The molecule has 9 nitrogen and oxygen atoms in total. The molecular formula is C12H16N4O5. The van der Waals surface area contributed by atoms with E-state index in [1.165, 1.54) is 16.8 Å². The summed E-state index contributed by atoms with van der Waals surface area (Å²) < 4.78 is 1.43. The number of carbonyl (C=O) groups excluding carboxylic acids is 1. The number of aliphatic carboxylic acids is 1. The number of piperazine rings is 1. The standard InChI is InChI=1S/C12H16N4O5/c1-13-7-9(16(20)21)6-10(13)12(19)15-4-2-14(3-5-15)8-11(17)18/h6-7H,2-5,8H2,1H3,(H,17,18). The van der Waals surface area contributed by atoms with Crippen molar-refractivity contribution < 1.29 is 19.6 Å². The van der Waals surface area contributed by atoms with E-state index in [0.717, 1.165) is 0 Å². The lowest BCUT2D eigenvalue weighted by molar-refractivity contribution is -0.384. The van der Waals surface area contributed by atoms with Crippen LogP contribution in [0.1, 0.15) is 10.5 Å². The Morgan fingerprint density at radius 1 is 1.33 bits per heavy atom. The first kappa shape index (κ1) is 15.0. The molecule has 0 atom stereocenters. The molecule has 1 N–H and O–H groups in total. The van der Waals surface area contributed by atoms with E-state index in [1.54, 1.807) is 16.8 Å². The van der Waals surface area contributed by atoms with Crippen LogP contribution in [-0.2, 0) is 11.8 Å². The Bertz CT molecular complexity index is 574. The average Bonchev–Trinajstić information content (AvgIpc) is 2.80. The summed E-state index contributed by atoms with van der Waals surface area (Å²) in [5, 5.41) is 19.4. The molecule has 0 saturated carbocycles. The summed E-state index contributed by atoms with van der Waals surface area (Å²) in [6.45, 7) is 1.73. The smallest absolute Gasteiger partial charge is 0.317 e. The third kappa shape index (κ3) is 3.37. The summed E-state index contributed by atoms with van der Waals surface area (Å²) in [6, 6.07) is 1.26. The summed E-state index contributed by atoms with van der Waals surface area (Å²) in [5.41, 5.74) is 0.138. The Morgan fingerprint density at radius 3 is 2.43 bits per heavy atom. The van der Waals surface area contributed by atoms with Crippen molar-refractivity contribution >= 4 is 17.6 Å². The molecule has 1 aromatic rings. The summed E-state index contributed by atoms with van der Waals surface area (Å²) in [6.07, 6.45) is 1.30. The zero-order chi connectivity index (χ0) is 15.6. The molecule has 1 aromatic heterocycles. The van der Waals surface area contributed by atoms with Gasteiger partial charge in [0.25, 0.3) is 11.6 Å². The Balaban J connectivity index is 2.02. The van der Waals surface area contributed by atoms with Crippen LogP contribution in [-0.4, -0.2) is 69.0 Å². The number of nitro groups is 1. The first-order valence-electron chi connectivity index (χ1n) is 6.42. The minimum atomic E-state index is -0.896. The zero-order valence-corrected chi connectivity index (χ0v) is 11.6. The van der Waals surface area contributed by atoms with Gasteiger partial charge in [0.15, 0.2) is 0 Å². The second kappa shape index (κ2) is 5.92. The van der Waals surface area contributed by atoms with Gasteiger partial charge in [0.1, 0.15) is 5.69 Å². The van der Waals surface area contributed by atoms with Crippen molar-refractivity contribution in [2.75, 3.05) is 32.7 Å². The Kier molecular flexibility index (Phi) is 4.22. The minimum absolute atomic E-state index is 0.0440. The van der Waals surface area contributed by atoms with Crippen LogP contribution in [0.4, 0.5) is 5.69 Å². The zero-order valence-electron chi connectivity index (χ0n) is 11.6. The van der Waals surface area contributed by atoms with Crippen molar-refractivity contribution in [2.45, 2.75) is 0 Å². The van der Waals surface area contributed by atoms with Crippen molar-refractivity contribution in [1.29, 1.82) is 0 Å². The molecule has 2 heterocycles. The van der Waals surface area contributed by atoms with Crippen LogP contribution < -0.4 is 0 Å². The van der Waals surface area contributed by atoms with Gasteiger partial charge in [-0.05, 0) is 0 Å². The van der Waals surface area contributed by atoms with Crippen LogP contribution in [0.3, 0.4) is 0 Å². The molecule has 114 valence electrons. The predicted octanol–water partition coefficient (Wildman–Crippen LogP) is -0.224. The fourth-order valence-corrected chi connectivity index (χ4v) is 2.32. The predicted molar refractivity (Wildman–Crippen MR) is 72.0 cm³/mol. The molecule has 9 heteroatoms. The van der Waals surface area contributed by atoms with Gasteiger partial charge in [-0.1, -0.05) is 0 Å². The van der Waals surface area contributed by atoms with Gasteiger partial charge in [0.05, 0.1) is 17.7 Å². The third-order valence-corrected chi connectivity index (χ3v) is 3.44. The maximum atomic E-state index is 12.3. The van der Waals surface area contributed by atoms with Gasteiger partial charge >= 0.3 is 5.97 Å². The molecule has 1 aliphatic rings. The molecule has 0 radical (unpaired) electrons.